The summed E-state index contributed by atoms with van der Waals surface area (Å²) >= 11 is 0. The highest BCUT2D eigenvalue weighted by molar-refractivity contribution is 5.72. The zero-order valence-corrected chi connectivity index (χ0v) is 45.4. The third-order valence-corrected chi connectivity index (χ3v) is 12.1. The highest BCUT2D eigenvalue weighted by atomic mass is 16.6. The number of carbonyl (C=O) groups is 7. The minimum absolute atomic E-state index is 0.0301. The van der Waals surface area contributed by atoms with Crippen molar-refractivity contribution in [2.75, 3.05) is 72.4 Å². The minimum Gasteiger partial charge on any atom is -0.465 e. The number of allylic oxidation sites excluding steroid dienone is 3. The number of unbranched alkanes of at least 4 members (excludes halogenated alkanes) is 12. The molecule has 1 fully saturated rings. The molecule has 0 bridgehead atoms. The molecule has 1 N–H and O–H groups in total. The molecule has 0 aromatic rings. The van der Waals surface area contributed by atoms with Gasteiger partial charge in [-0.25, -0.2) is 4.79 Å². The maximum Gasteiger partial charge on any atom is 0.407 e. The van der Waals surface area contributed by atoms with Crippen LogP contribution in [0, 0.1) is 5.41 Å². The lowest BCUT2D eigenvalue weighted by Crippen LogP contribution is -2.45. The van der Waals surface area contributed by atoms with Crippen LogP contribution in [-0.4, -0.2) is 119 Å². The molecule has 0 aliphatic carbocycles. The largest absolute Gasteiger partial charge is 0.465 e. The van der Waals surface area contributed by atoms with Gasteiger partial charge in [0.2, 0.25) is 0 Å². The van der Waals surface area contributed by atoms with Crippen LogP contribution >= 0.6 is 0 Å². The molecular formula is C57H96N2O14. The Labute approximate surface area is 438 Å². The number of nitrogens with one attached hydrogen (secondary N) is 1. The Balaban J connectivity index is 2.91. The first kappa shape index (κ1) is 66.3. The lowest BCUT2D eigenvalue weighted by atomic mass is 9.92. The van der Waals surface area contributed by atoms with Gasteiger partial charge in [-0.1, -0.05) is 95.8 Å². The van der Waals surface area contributed by atoms with Gasteiger partial charge in [0.1, 0.15) is 31.8 Å². The van der Waals surface area contributed by atoms with Crippen molar-refractivity contribution in [3.05, 3.63) is 36.5 Å². The predicted octanol–water partition coefficient (Wildman–Crippen LogP) is 11.3. The van der Waals surface area contributed by atoms with Crippen molar-refractivity contribution in [1.82, 2.24) is 10.2 Å². The first-order valence-corrected chi connectivity index (χ1v) is 28.0. The Kier molecular flexibility index (Phi) is 42.7. The number of esters is 6. The molecule has 1 rings (SSSR count). The molecule has 1 aliphatic heterocycles. The molecule has 0 saturated carbocycles. The van der Waals surface area contributed by atoms with E-state index in [-0.39, 0.29) is 56.4 Å². The summed E-state index contributed by atoms with van der Waals surface area (Å²) in [5, 5.41) is 2.74. The Morgan fingerprint density at radius 1 is 0.397 bits per heavy atom. The van der Waals surface area contributed by atoms with Crippen LogP contribution in [0.4, 0.5) is 4.79 Å². The number of hydrogen-bond acceptors (Lipinski definition) is 15. The van der Waals surface area contributed by atoms with Gasteiger partial charge >= 0.3 is 41.9 Å². The molecule has 0 spiro atoms. The zero-order valence-electron chi connectivity index (χ0n) is 45.4. The molecule has 1 saturated heterocycles. The summed E-state index contributed by atoms with van der Waals surface area (Å²) in [6.45, 7) is 8.51. The normalized spacial score (nSPS) is 12.9. The van der Waals surface area contributed by atoms with E-state index >= 15 is 0 Å². The number of hydrogen-bond donors (Lipinski definition) is 1. The number of likely N-dealkylation sites (tertiary alicyclic amines) is 1. The van der Waals surface area contributed by atoms with Crippen LogP contribution in [0.5, 0.6) is 0 Å². The lowest BCUT2D eigenvalue weighted by Gasteiger charge is -2.31. The molecule has 0 aromatic heterocycles. The Hall–Kier alpha value is -4.73. The molecule has 0 aromatic carbocycles. The predicted molar refractivity (Wildman–Crippen MR) is 282 cm³/mol. The second-order valence-electron chi connectivity index (χ2n) is 19.1. The third-order valence-electron chi connectivity index (χ3n) is 12.1. The molecule has 418 valence electrons. The number of rotatable bonds is 47. The van der Waals surface area contributed by atoms with Crippen molar-refractivity contribution < 1.29 is 66.7 Å². The topological polar surface area (TPSA) is 199 Å². The summed E-state index contributed by atoms with van der Waals surface area (Å²) in [5.74, 6) is -2.87. The molecular weight excluding hydrogens is 937 g/mol. The number of nitrogens with zero attached hydrogens (tertiary/aromatic N) is 1. The molecule has 0 radical (unpaired) electrons. The van der Waals surface area contributed by atoms with Gasteiger partial charge in [0.05, 0.1) is 19.8 Å². The van der Waals surface area contributed by atoms with Gasteiger partial charge in [-0.2, -0.15) is 0 Å². The van der Waals surface area contributed by atoms with Gasteiger partial charge in [0.25, 0.3) is 0 Å². The van der Waals surface area contributed by atoms with E-state index in [9.17, 15) is 33.6 Å². The van der Waals surface area contributed by atoms with Gasteiger partial charge in [0.15, 0.2) is 0 Å². The Morgan fingerprint density at radius 3 is 1.03 bits per heavy atom. The van der Waals surface area contributed by atoms with Gasteiger partial charge < -0.3 is 43.4 Å². The van der Waals surface area contributed by atoms with Gasteiger partial charge in [-0.3, -0.25) is 28.8 Å². The Bertz CT molecular complexity index is 1420. The Morgan fingerprint density at radius 2 is 0.699 bits per heavy atom. The van der Waals surface area contributed by atoms with Crippen LogP contribution in [-0.2, 0) is 61.9 Å². The van der Waals surface area contributed by atoms with E-state index in [2.05, 4.69) is 49.2 Å². The number of amides is 1. The highest BCUT2D eigenvalue weighted by Gasteiger charge is 2.38. The van der Waals surface area contributed by atoms with Crippen molar-refractivity contribution in [1.29, 1.82) is 0 Å². The van der Waals surface area contributed by atoms with Gasteiger partial charge in [-0.05, 0) is 122 Å². The van der Waals surface area contributed by atoms with Crippen molar-refractivity contribution in [2.24, 2.45) is 5.41 Å². The summed E-state index contributed by atoms with van der Waals surface area (Å²) < 4.78 is 38.7. The summed E-state index contributed by atoms with van der Waals surface area (Å²) in [7, 11) is 0. The maximum absolute atomic E-state index is 13.1. The molecule has 1 aliphatic rings. The summed E-state index contributed by atoms with van der Waals surface area (Å²) in [6, 6.07) is 0. The quantitative estimate of drug-likeness (QED) is 0.0261. The fraction of sp³-hybridized carbons (Fsp3) is 0.772. The van der Waals surface area contributed by atoms with E-state index in [0.717, 1.165) is 83.7 Å². The molecule has 16 heteroatoms. The van der Waals surface area contributed by atoms with Crippen molar-refractivity contribution >= 4 is 41.9 Å². The SMILES string of the molecule is CCCCC/C=C\CCOC(=O)CCCCC(=O)OCC(COC(=O)CCCCC(=O)OCC/C=C\CCCCC)(COC(=O)CCCCC(=O)OCC/C=C\CCCCC)COC(=O)NCCN1CCCC1. The average molecular weight is 1030 g/mol. The summed E-state index contributed by atoms with van der Waals surface area (Å²) in [6.07, 6.45) is 31.8. The molecule has 1 amide bonds. The van der Waals surface area contributed by atoms with Crippen LogP contribution < -0.4 is 5.32 Å². The summed E-state index contributed by atoms with van der Waals surface area (Å²) in [5.41, 5.74) is -1.50. The van der Waals surface area contributed by atoms with E-state index < -0.39 is 55.8 Å². The first-order valence-electron chi connectivity index (χ1n) is 28.0. The summed E-state index contributed by atoms with van der Waals surface area (Å²) in [4.78, 5) is 91.6. The van der Waals surface area contributed by atoms with Gasteiger partial charge in [-0.15, -0.1) is 0 Å². The number of carbonyl (C=O) groups excluding carboxylic acids is 7. The van der Waals surface area contributed by atoms with Crippen LogP contribution in [0.25, 0.3) is 0 Å². The van der Waals surface area contributed by atoms with E-state index in [0.29, 0.717) is 90.7 Å². The zero-order chi connectivity index (χ0) is 53.3. The molecule has 16 nitrogen and oxygen atoms in total. The minimum atomic E-state index is -1.50. The van der Waals surface area contributed by atoms with E-state index in [1.165, 1.54) is 19.3 Å². The second-order valence-corrected chi connectivity index (χ2v) is 19.1. The maximum atomic E-state index is 13.1. The first-order chi connectivity index (χ1) is 35.5. The van der Waals surface area contributed by atoms with Crippen molar-refractivity contribution in [3.8, 4) is 0 Å². The fourth-order valence-electron chi connectivity index (χ4n) is 7.56. The van der Waals surface area contributed by atoms with E-state index in [1.807, 2.05) is 18.2 Å². The van der Waals surface area contributed by atoms with Crippen LogP contribution in [0.1, 0.15) is 207 Å². The molecule has 1 heterocycles. The standard InChI is InChI=1S/C57H96N2O14/c1-4-7-10-13-16-19-30-43-67-50(60)33-22-25-36-53(63)70-46-57(49-73-56(66)58-39-42-59-40-28-29-41-59,47-71-54(64)37-26-23-34-51(61)68-44-31-20-17-14-11-8-5-2)48-72-55(65)38-27-24-35-52(62)69-45-32-21-18-15-12-9-6-3/h16-21H,4-15,22-49H2,1-3H3,(H,58,66)/b19-16-,20-17-,21-18-. The smallest absolute Gasteiger partial charge is 0.407 e. The monoisotopic (exact) mass is 1030 g/mol. The lowest BCUT2D eigenvalue weighted by molar-refractivity contribution is -0.166. The fourth-order valence-corrected chi connectivity index (χ4v) is 7.56. The number of ether oxygens (including phenoxy) is 7. The highest BCUT2D eigenvalue weighted by Crippen LogP contribution is 2.23. The van der Waals surface area contributed by atoms with Crippen LogP contribution in [0.15, 0.2) is 36.5 Å². The van der Waals surface area contributed by atoms with Gasteiger partial charge in [0, 0.05) is 51.6 Å². The van der Waals surface area contributed by atoms with Crippen LogP contribution in [0.3, 0.4) is 0 Å². The molecule has 73 heavy (non-hydrogen) atoms. The van der Waals surface area contributed by atoms with Crippen LogP contribution in [0.2, 0.25) is 0 Å². The van der Waals surface area contributed by atoms with E-state index in [4.69, 9.17) is 33.2 Å². The molecule has 0 unspecified atom stereocenters. The third kappa shape index (κ3) is 41.3. The number of alkyl carbamates (subject to hydrolysis) is 1. The van der Waals surface area contributed by atoms with E-state index in [1.54, 1.807) is 0 Å². The van der Waals surface area contributed by atoms with Crippen molar-refractivity contribution in [2.45, 2.75) is 207 Å². The second kappa shape index (κ2) is 47.0. The average Bonchev–Trinajstić information content (AvgIpc) is 3.91. The molecule has 0 atom stereocenters. The van der Waals surface area contributed by atoms with Crippen molar-refractivity contribution in [3.63, 3.8) is 0 Å².